The van der Waals surface area contributed by atoms with Crippen molar-refractivity contribution in [3.05, 3.63) is 30.3 Å². The summed E-state index contributed by atoms with van der Waals surface area (Å²) in [6.45, 7) is 9.50. The predicted octanol–water partition coefficient (Wildman–Crippen LogP) is 1.61. The number of nitrogens with one attached hydrogen (secondary N) is 1. The van der Waals surface area contributed by atoms with Gasteiger partial charge in [0.15, 0.2) is 0 Å². The van der Waals surface area contributed by atoms with Gasteiger partial charge in [0.05, 0.1) is 6.04 Å². The minimum absolute atomic E-state index is 0.151. The summed E-state index contributed by atoms with van der Waals surface area (Å²) in [5.41, 5.74) is 6.86. The van der Waals surface area contributed by atoms with E-state index in [1.807, 2.05) is 43.9 Å². The number of nitrogens with zero attached hydrogens (tertiary/aromatic N) is 2. The monoisotopic (exact) mass is 360 g/mol. The van der Waals surface area contributed by atoms with Crippen LogP contribution in [0.1, 0.15) is 33.6 Å². The zero-order valence-corrected chi connectivity index (χ0v) is 16.2. The van der Waals surface area contributed by atoms with E-state index in [9.17, 15) is 9.59 Å². The summed E-state index contributed by atoms with van der Waals surface area (Å²) in [6.07, 6.45) is 1.09. The molecule has 0 bridgehead atoms. The number of hydrogen-bond donors (Lipinski definition) is 2. The molecule has 0 radical (unpaired) electrons. The van der Waals surface area contributed by atoms with E-state index in [1.165, 1.54) is 5.69 Å². The van der Waals surface area contributed by atoms with Crippen LogP contribution in [0.2, 0.25) is 0 Å². The Morgan fingerprint density at radius 3 is 2.31 bits per heavy atom. The molecule has 1 aliphatic heterocycles. The number of hydrogen-bond acceptors (Lipinski definition) is 4. The Morgan fingerprint density at radius 1 is 1.12 bits per heavy atom. The van der Waals surface area contributed by atoms with Crippen LogP contribution in [-0.4, -0.2) is 55.5 Å². The molecule has 1 saturated heterocycles. The van der Waals surface area contributed by atoms with Gasteiger partial charge in [0.25, 0.3) is 0 Å². The Labute approximate surface area is 156 Å². The van der Waals surface area contributed by atoms with Gasteiger partial charge in [-0.05, 0) is 24.0 Å². The van der Waals surface area contributed by atoms with Crippen LogP contribution in [0.25, 0.3) is 0 Å². The third-order valence-electron chi connectivity index (χ3n) is 4.84. The van der Waals surface area contributed by atoms with Crippen LogP contribution in [0.3, 0.4) is 0 Å². The lowest BCUT2D eigenvalue weighted by atomic mass is 9.87. The van der Waals surface area contributed by atoms with Gasteiger partial charge in [-0.3, -0.25) is 9.59 Å². The molecule has 2 rings (SSSR count). The largest absolute Gasteiger partial charge is 0.368 e. The fraction of sp³-hybridized carbons (Fsp3) is 0.600. The topological polar surface area (TPSA) is 78.7 Å². The number of benzene rings is 1. The van der Waals surface area contributed by atoms with Gasteiger partial charge in [0.1, 0.15) is 0 Å². The van der Waals surface area contributed by atoms with E-state index >= 15 is 0 Å². The van der Waals surface area contributed by atoms with Crippen LogP contribution in [0.5, 0.6) is 0 Å². The van der Waals surface area contributed by atoms with Gasteiger partial charge in [-0.2, -0.15) is 0 Å². The standard InChI is InChI=1S/C20H32N4O2/c1-20(2,3)18(21)19(26)22-11-7-10-17(25)24-14-12-23(13-15-24)16-8-5-4-6-9-16/h4-6,8-9,18H,7,10-15,21H2,1-3H3,(H,22,26)/t18-/m1/s1. The second-order valence-corrected chi connectivity index (χ2v) is 7.94. The van der Waals surface area contributed by atoms with E-state index in [4.69, 9.17) is 5.73 Å². The third kappa shape index (κ3) is 5.73. The fourth-order valence-corrected chi connectivity index (χ4v) is 2.97. The first-order chi connectivity index (χ1) is 12.3. The first kappa shape index (κ1) is 20.2. The number of para-hydroxylation sites is 1. The van der Waals surface area contributed by atoms with Gasteiger partial charge < -0.3 is 20.9 Å². The highest BCUT2D eigenvalue weighted by atomic mass is 16.2. The minimum atomic E-state index is -0.538. The molecule has 1 aromatic rings. The Bertz CT molecular complexity index is 590. The molecular weight excluding hydrogens is 328 g/mol. The van der Waals surface area contributed by atoms with E-state index in [-0.39, 0.29) is 17.2 Å². The number of carbonyl (C=O) groups is 2. The summed E-state index contributed by atoms with van der Waals surface area (Å²) in [6, 6.07) is 9.74. The van der Waals surface area contributed by atoms with Gasteiger partial charge >= 0.3 is 0 Å². The maximum absolute atomic E-state index is 12.3. The van der Waals surface area contributed by atoms with Crippen LogP contribution in [0.4, 0.5) is 5.69 Å². The SMILES string of the molecule is CC(C)(C)[C@H](N)C(=O)NCCCC(=O)N1CCN(c2ccccc2)CC1. The molecule has 0 spiro atoms. The third-order valence-corrected chi connectivity index (χ3v) is 4.84. The first-order valence-electron chi connectivity index (χ1n) is 9.40. The van der Waals surface area contributed by atoms with Crippen molar-refractivity contribution in [2.24, 2.45) is 11.1 Å². The summed E-state index contributed by atoms with van der Waals surface area (Å²) in [4.78, 5) is 28.5. The van der Waals surface area contributed by atoms with E-state index in [2.05, 4.69) is 22.3 Å². The maximum atomic E-state index is 12.3. The van der Waals surface area contributed by atoms with Gasteiger partial charge in [0, 0.05) is 44.8 Å². The summed E-state index contributed by atoms with van der Waals surface area (Å²) < 4.78 is 0. The van der Waals surface area contributed by atoms with Crippen molar-refractivity contribution >= 4 is 17.5 Å². The molecule has 2 amide bonds. The number of piperazine rings is 1. The average molecular weight is 361 g/mol. The van der Waals surface area contributed by atoms with Crippen LogP contribution in [0.15, 0.2) is 30.3 Å². The number of carbonyl (C=O) groups excluding carboxylic acids is 2. The van der Waals surface area contributed by atoms with E-state index < -0.39 is 6.04 Å². The molecule has 1 aromatic carbocycles. The first-order valence-corrected chi connectivity index (χ1v) is 9.40. The molecule has 6 nitrogen and oxygen atoms in total. The highest BCUT2D eigenvalue weighted by Gasteiger charge is 2.27. The van der Waals surface area contributed by atoms with Gasteiger partial charge in [-0.1, -0.05) is 39.0 Å². The molecule has 0 saturated carbocycles. The molecule has 1 atom stereocenters. The molecule has 0 aromatic heterocycles. The molecule has 1 aliphatic rings. The Kier molecular flexibility index (Phi) is 7.03. The maximum Gasteiger partial charge on any atom is 0.237 e. The smallest absolute Gasteiger partial charge is 0.237 e. The quantitative estimate of drug-likeness (QED) is 0.756. The Balaban J connectivity index is 1.66. The highest BCUT2D eigenvalue weighted by Crippen LogP contribution is 2.17. The molecule has 26 heavy (non-hydrogen) atoms. The fourth-order valence-electron chi connectivity index (χ4n) is 2.97. The summed E-state index contributed by atoms with van der Waals surface area (Å²) in [5, 5.41) is 2.83. The number of amides is 2. The zero-order valence-electron chi connectivity index (χ0n) is 16.2. The molecule has 6 heteroatoms. The van der Waals surface area contributed by atoms with Gasteiger partial charge in [0.2, 0.25) is 11.8 Å². The van der Waals surface area contributed by atoms with E-state index in [1.54, 1.807) is 0 Å². The average Bonchev–Trinajstić information content (AvgIpc) is 2.64. The second-order valence-electron chi connectivity index (χ2n) is 7.94. The van der Waals surface area contributed by atoms with Crippen molar-refractivity contribution in [2.75, 3.05) is 37.6 Å². The molecular formula is C20H32N4O2. The second kappa shape index (κ2) is 9.03. The van der Waals surface area contributed by atoms with Crippen LogP contribution >= 0.6 is 0 Å². The highest BCUT2D eigenvalue weighted by molar-refractivity contribution is 5.82. The van der Waals surface area contributed by atoms with Crippen LogP contribution in [0, 0.1) is 5.41 Å². The molecule has 0 unspecified atom stereocenters. The molecule has 144 valence electrons. The van der Waals surface area contributed by atoms with Crippen molar-refractivity contribution in [3.8, 4) is 0 Å². The van der Waals surface area contributed by atoms with Gasteiger partial charge in [-0.15, -0.1) is 0 Å². The van der Waals surface area contributed by atoms with Crippen LogP contribution < -0.4 is 16.0 Å². The number of nitrogens with two attached hydrogens (primary N) is 1. The lowest BCUT2D eigenvalue weighted by molar-refractivity contribution is -0.132. The van der Waals surface area contributed by atoms with Crippen molar-refractivity contribution in [3.63, 3.8) is 0 Å². The van der Waals surface area contributed by atoms with Gasteiger partial charge in [-0.25, -0.2) is 0 Å². The summed E-state index contributed by atoms with van der Waals surface area (Å²) in [5.74, 6) is 0.00787. The normalized spacial score (nSPS) is 16.3. The van der Waals surface area contributed by atoms with Crippen molar-refractivity contribution in [2.45, 2.75) is 39.7 Å². The molecule has 0 aliphatic carbocycles. The van der Waals surface area contributed by atoms with Crippen molar-refractivity contribution < 1.29 is 9.59 Å². The number of rotatable bonds is 6. The summed E-state index contributed by atoms with van der Waals surface area (Å²) in [7, 11) is 0. The lowest BCUT2D eigenvalue weighted by Gasteiger charge is -2.36. The lowest BCUT2D eigenvalue weighted by Crippen LogP contribution is -2.49. The van der Waals surface area contributed by atoms with E-state index in [0.717, 1.165) is 26.2 Å². The predicted molar refractivity (Wildman–Crippen MR) is 105 cm³/mol. The zero-order chi connectivity index (χ0) is 19.2. The molecule has 1 heterocycles. The summed E-state index contributed by atoms with van der Waals surface area (Å²) >= 11 is 0. The number of anilines is 1. The molecule has 3 N–H and O–H groups in total. The van der Waals surface area contributed by atoms with E-state index in [0.29, 0.717) is 19.4 Å². The Hall–Kier alpha value is -2.08. The van der Waals surface area contributed by atoms with Crippen molar-refractivity contribution in [1.29, 1.82) is 0 Å². The Morgan fingerprint density at radius 2 is 1.73 bits per heavy atom. The molecule has 1 fully saturated rings. The minimum Gasteiger partial charge on any atom is -0.368 e. The van der Waals surface area contributed by atoms with Crippen LogP contribution in [-0.2, 0) is 9.59 Å². The van der Waals surface area contributed by atoms with Crippen molar-refractivity contribution in [1.82, 2.24) is 10.2 Å².